The number of amides is 1. The molecular weight excluding hydrogens is 326 g/mol. The van der Waals surface area contributed by atoms with Crippen molar-refractivity contribution >= 4 is 28.2 Å². The van der Waals surface area contributed by atoms with Crippen LogP contribution in [0.5, 0.6) is 5.75 Å². The summed E-state index contributed by atoms with van der Waals surface area (Å²) in [6.45, 7) is 1.47. The zero-order valence-corrected chi connectivity index (χ0v) is 14.4. The summed E-state index contributed by atoms with van der Waals surface area (Å²) in [6.07, 6.45) is 0. The number of Topliss-reactive ketones (excluding diaryl/α,β-unsaturated/α-hetero) is 1. The van der Waals surface area contributed by atoms with Gasteiger partial charge in [-0.2, -0.15) is 0 Å². The average Bonchev–Trinajstić information content (AvgIpc) is 2.55. The van der Waals surface area contributed by atoms with Gasteiger partial charge in [0.15, 0.2) is 5.78 Å². The zero-order chi connectivity index (χ0) is 17.5. The molecule has 0 spiro atoms. The molecule has 2 aromatic carbocycles. The highest BCUT2D eigenvalue weighted by Gasteiger charge is 2.13. The summed E-state index contributed by atoms with van der Waals surface area (Å²) in [6, 6.07) is 14.0. The molecule has 5 nitrogen and oxygen atoms in total. The SMILES string of the molecule is COc1ccc(C(C)=O)cc1C[S@@](=O)CC(=O)Nc1ccccc1. The maximum atomic E-state index is 12.3. The first-order valence-corrected chi connectivity index (χ1v) is 8.86. The van der Waals surface area contributed by atoms with E-state index in [2.05, 4.69) is 5.32 Å². The highest BCUT2D eigenvalue weighted by Crippen LogP contribution is 2.22. The number of carbonyl (C=O) groups is 2. The number of ketones is 1. The number of hydrogen-bond acceptors (Lipinski definition) is 4. The van der Waals surface area contributed by atoms with Crippen molar-refractivity contribution in [3.8, 4) is 5.75 Å². The highest BCUT2D eigenvalue weighted by molar-refractivity contribution is 7.85. The van der Waals surface area contributed by atoms with E-state index in [4.69, 9.17) is 4.74 Å². The molecule has 0 aromatic heterocycles. The molecule has 1 amide bonds. The van der Waals surface area contributed by atoms with E-state index in [1.807, 2.05) is 18.2 Å². The molecule has 0 saturated heterocycles. The fourth-order valence-corrected chi connectivity index (χ4v) is 3.24. The summed E-state index contributed by atoms with van der Waals surface area (Å²) in [4.78, 5) is 23.4. The Morgan fingerprint density at radius 3 is 2.46 bits per heavy atom. The van der Waals surface area contributed by atoms with Crippen LogP contribution >= 0.6 is 0 Å². The predicted molar refractivity (Wildman–Crippen MR) is 94.8 cm³/mol. The molecule has 0 fully saturated rings. The molecule has 1 N–H and O–H groups in total. The van der Waals surface area contributed by atoms with Gasteiger partial charge >= 0.3 is 0 Å². The van der Waals surface area contributed by atoms with Crippen molar-refractivity contribution in [3.63, 3.8) is 0 Å². The van der Waals surface area contributed by atoms with E-state index in [1.165, 1.54) is 14.0 Å². The fraction of sp³-hybridized carbons (Fsp3) is 0.222. The second kappa shape index (κ2) is 8.40. The number of benzene rings is 2. The standard InChI is InChI=1S/C18H19NO4S/c1-13(20)14-8-9-17(23-2)15(10-14)11-24(22)12-18(21)19-16-6-4-3-5-7-16/h3-10H,11-12H2,1-2H3,(H,19,21)/t24-/m1/s1. The minimum Gasteiger partial charge on any atom is -0.496 e. The van der Waals surface area contributed by atoms with Gasteiger partial charge in [-0.3, -0.25) is 13.8 Å². The largest absolute Gasteiger partial charge is 0.496 e. The van der Waals surface area contributed by atoms with E-state index in [1.54, 1.807) is 30.3 Å². The molecule has 0 aliphatic carbocycles. The molecule has 0 saturated carbocycles. The molecular formula is C18H19NO4S. The van der Waals surface area contributed by atoms with Crippen LogP contribution in [0.25, 0.3) is 0 Å². The maximum absolute atomic E-state index is 12.3. The summed E-state index contributed by atoms with van der Waals surface area (Å²) in [5.41, 5.74) is 1.84. The first-order valence-electron chi connectivity index (χ1n) is 7.37. The van der Waals surface area contributed by atoms with E-state index in [-0.39, 0.29) is 23.2 Å². The number of rotatable bonds is 7. The van der Waals surface area contributed by atoms with Gasteiger partial charge in [0.2, 0.25) is 5.91 Å². The lowest BCUT2D eigenvalue weighted by atomic mass is 10.1. The summed E-state index contributed by atoms with van der Waals surface area (Å²) in [7, 11) is 0.0997. The van der Waals surface area contributed by atoms with E-state index < -0.39 is 10.8 Å². The molecule has 24 heavy (non-hydrogen) atoms. The van der Waals surface area contributed by atoms with E-state index >= 15 is 0 Å². The van der Waals surface area contributed by atoms with Gasteiger partial charge in [0.25, 0.3) is 0 Å². The first kappa shape index (κ1) is 17.9. The molecule has 0 radical (unpaired) electrons. The van der Waals surface area contributed by atoms with Crippen LogP contribution < -0.4 is 10.1 Å². The van der Waals surface area contributed by atoms with E-state index in [0.717, 1.165) is 0 Å². The van der Waals surface area contributed by atoms with Crippen molar-refractivity contribution < 1.29 is 18.5 Å². The van der Waals surface area contributed by atoms with E-state index in [0.29, 0.717) is 22.6 Å². The second-order valence-electron chi connectivity index (χ2n) is 5.23. The topological polar surface area (TPSA) is 72.5 Å². The summed E-state index contributed by atoms with van der Waals surface area (Å²) in [5, 5.41) is 2.70. The number of methoxy groups -OCH3 is 1. The summed E-state index contributed by atoms with van der Waals surface area (Å²) in [5.74, 6) is 0.180. The third-order valence-corrected chi connectivity index (χ3v) is 4.57. The van der Waals surface area contributed by atoms with Gasteiger partial charge in [-0.05, 0) is 37.3 Å². The molecule has 0 bridgehead atoms. The number of carbonyl (C=O) groups excluding carboxylic acids is 2. The average molecular weight is 345 g/mol. The lowest BCUT2D eigenvalue weighted by Gasteiger charge is -2.10. The maximum Gasteiger partial charge on any atom is 0.237 e. The van der Waals surface area contributed by atoms with Crippen LogP contribution in [-0.4, -0.2) is 28.8 Å². The van der Waals surface area contributed by atoms with Gasteiger partial charge in [-0.15, -0.1) is 0 Å². The van der Waals surface area contributed by atoms with Gasteiger partial charge in [0, 0.05) is 27.6 Å². The highest BCUT2D eigenvalue weighted by atomic mass is 32.2. The van der Waals surface area contributed by atoms with Crippen LogP contribution in [0.4, 0.5) is 5.69 Å². The molecule has 6 heteroatoms. The smallest absolute Gasteiger partial charge is 0.237 e. The number of anilines is 1. The molecule has 0 aliphatic heterocycles. The Balaban J connectivity index is 2.02. The Morgan fingerprint density at radius 1 is 1.12 bits per heavy atom. The fourth-order valence-electron chi connectivity index (χ4n) is 2.20. The van der Waals surface area contributed by atoms with Gasteiger partial charge in [0.05, 0.1) is 12.9 Å². The number of ether oxygens (including phenoxy) is 1. The molecule has 2 aromatic rings. The van der Waals surface area contributed by atoms with Gasteiger partial charge in [-0.25, -0.2) is 0 Å². The van der Waals surface area contributed by atoms with Gasteiger partial charge in [-0.1, -0.05) is 18.2 Å². The summed E-state index contributed by atoms with van der Waals surface area (Å²) >= 11 is 0. The zero-order valence-electron chi connectivity index (χ0n) is 13.6. The van der Waals surface area contributed by atoms with Crippen LogP contribution in [0.1, 0.15) is 22.8 Å². The van der Waals surface area contributed by atoms with Crippen LogP contribution in [-0.2, 0) is 21.3 Å². The second-order valence-corrected chi connectivity index (χ2v) is 6.68. The van der Waals surface area contributed by atoms with Crippen LogP contribution in [0, 0.1) is 0 Å². The minimum absolute atomic E-state index is 0.0773. The van der Waals surface area contributed by atoms with E-state index in [9.17, 15) is 13.8 Å². The Bertz CT molecular complexity index is 759. The third-order valence-electron chi connectivity index (χ3n) is 3.35. The molecule has 0 aliphatic rings. The molecule has 126 valence electrons. The Kier molecular flexibility index (Phi) is 6.26. The predicted octanol–water partition coefficient (Wildman–Crippen LogP) is 2.79. The van der Waals surface area contributed by atoms with Crippen LogP contribution in [0.2, 0.25) is 0 Å². The third kappa shape index (κ3) is 5.03. The monoisotopic (exact) mass is 345 g/mol. The molecule has 2 rings (SSSR count). The molecule has 0 heterocycles. The van der Waals surface area contributed by atoms with Crippen LogP contribution in [0.3, 0.4) is 0 Å². The Morgan fingerprint density at radius 2 is 1.83 bits per heavy atom. The first-order chi connectivity index (χ1) is 11.5. The number of para-hydroxylation sites is 1. The number of nitrogens with one attached hydrogen (secondary N) is 1. The van der Waals surface area contributed by atoms with Gasteiger partial charge in [0.1, 0.15) is 11.5 Å². The minimum atomic E-state index is -1.41. The lowest BCUT2D eigenvalue weighted by Crippen LogP contribution is -2.20. The van der Waals surface area contributed by atoms with Crippen LogP contribution in [0.15, 0.2) is 48.5 Å². The van der Waals surface area contributed by atoms with Crippen molar-refractivity contribution in [2.45, 2.75) is 12.7 Å². The number of hydrogen-bond donors (Lipinski definition) is 1. The molecule has 1 atom stereocenters. The van der Waals surface area contributed by atoms with Crippen molar-refractivity contribution in [1.82, 2.24) is 0 Å². The van der Waals surface area contributed by atoms with Crippen molar-refractivity contribution in [2.75, 3.05) is 18.2 Å². The van der Waals surface area contributed by atoms with Crippen molar-refractivity contribution in [2.24, 2.45) is 0 Å². The quantitative estimate of drug-likeness (QED) is 0.783. The summed E-state index contributed by atoms with van der Waals surface area (Å²) < 4.78 is 17.5. The Labute approximate surface area is 143 Å². The molecule has 0 unspecified atom stereocenters. The van der Waals surface area contributed by atoms with Gasteiger partial charge < -0.3 is 10.1 Å². The van der Waals surface area contributed by atoms with Crippen molar-refractivity contribution in [1.29, 1.82) is 0 Å². The normalized spacial score (nSPS) is 11.6. The lowest BCUT2D eigenvalue weighted by molar-refractivity contribution is -0.113. The Hall–Kier alpha value is -2.47. The van der Waals surface area contributed by atoms with Crippen molar-refractivity contribution in [3.05, 3.63) is 59.7 Å².